The van der Waals surface area contributed by atoms with Crippen molar-refractivity contribution in [2.75, 3.05) is 33.8 Å². The van der Waals surface area contributed by atoms with Gasteiger partial charge in [-0.1, -0.05) is 25.1 Å². The molecule has 6 heteroatoms. The molecule has 32 heavy (non-hydrogen) atoms. The van der Waals surface area contributed by atoms with Crippen LogP contribution >= 0.6 is 0 Å². The third kappa shape index (κ3) is 4.02. The Balaban J connectivity index is 1.84. The number of carbonyl (C=O) groups is 1. The number of hydrogen-bond acceptors (Lipinski definition) is 5. The number of carbonyl (C=O) groups excluding carboxylic acids is 1. The molecule has 1 aliphatic heterocycles. The predicted molar refractivity (Wildman–Crippen MR) is 126 cm³/mol. The number of benzene rings is 2. The number of ether oxygens (including phenoxy) is 1. The van der Waals surface area contributed by atoms with E-state index in [0.29, 0.717) is 29.7 Å². The van der Waals surface area contributed by atoms with Crippen LogP contribution in [0.3, 0.4) is 0 Å². The van der Waals surface area contributed by atoms with Crippen molar-refractivity contribution in [3.8, 4) is 5.75 Å². The van der Waals surface area contributed by atoms with Crippen molar-refractivity contribution in [3.05, 3.63) is 75.1 Å². The van der Waals surface area contributed by atoms with Crippen LogP contribution in [-0.4, -0.2) is 49.5 Å². The molecule has 3 aromatic rings. The van der Waals surface area contributed by atoms with E-state index in [1.165, 1.54) is 0 Å². The first-order valence-electron chi connectivity index (χ1n) is 11.2. The largest absolute Gasteiger partial charge is 0.494 e. The molecule has 0 N–H and O–H groups in total. The number of aryl methyl sites for hydroxylation is 1. The highest BCUT2D eigenvalue weighted by Crippen LogP contribution is 2.38. The molecule has 168 valence electrons. The molecule has 0 radical (unpaired) electrons. The lowest BCUT2D eigenvalue weighted by Gasteiger charge is -2.26. The minimum Gasteiger partial charge on any atom is -0.494 e. The second-order valence-corrected chi connectivity index (χ2v) is 8.42. The average molecular weight is 435 g/mol. The highest BCUT2D eigenvalue weighted by molar-refractivity contribution is 5.99. The van der Waals surface area contributed by atoms with Crippen LogP contribution in [0.15, 0.2) is 51.7 Å². The number of amides is 1. The number of hydrogen-bond donors (Lipinski definition) is 0. The van der Waals surface area contributed by atoms with E-state index < -0.39 is 6.04 Å². The van der Waals surface area contributed by atoms with Gasteiger partial charge in [-0.2, -0.15) is 0 Å². The summed E-state index contributed by atoms with van der Waals surface area (Å²) in [6.07, 6.45) is 1.62. The van der Waals surface area contributed by atoms with Crippen molar-refractivity contribution in [1.82, 2.24) is 9.80 Å². The van der Waals surface area contributed by atoms with Gasteiger partial charge in [-0.05, 0) is 75.8 Å². The fourth-order valence-corrected chi connectivity index (χ4v) is 4.33. The standard InChI is InChI=1S/C26H30N2O4/c1-5-17-8-13-21-20(16-17)24(29)22-23(18-9-11-19(12-10-18)31-6-2)28(15-7-14-27(3)4)26(30)25(22)32-21/h8-13,16,23H,5-7,14-15H2,1-4H3. The fourth-order valence-electron chi connectivity index (χ4n) is 4.33. The van der Waals surface area contributed by atoms with Gasteiger partial charge in [0.05, 0.1) is 23.6 Å². The smallest absolute Gasteiger partial charge is 0.290 e. The van der Waals surface area contributed by atoms with Gasteiger partial charge in [0.25, 0.3) is 5.91 Å². The van der Waals surface area contributed by atoms with Crippen molar-refractivity contribution in [2.45, 2.75) is 32.7 Å². The SMILES string of the molecule is CCOc1ccc(C2c3c(oc4ccc(CC)cc4c3=O)C(=O)N2CCCN(C)C)cc1. The van der Waals surface area contributed by atoms with E-state index in [1.54, 1.807) is 11.0 Å². The summed E-state index contributed by atoms with van der Waals surface area (Å²) in [5, 5.41) is 0.530. The van der Waals surface area contributed by atoms with Crippen molar-refractivity contribution in [1.29, 1.82) is 0 Å². The topological polar surface area (TPSA) is 63.0 Å². The normalized spacial score (nSPS) is 15.6. The lowest BCUT2D eigenvalue weighted by Crippen LogP contribution is -2.32. The maximum atomic E-state index is 13.6. The molecule has 1 atom stereocenters. The Bertz CT molecular complexity index is 1180. The van der Waals surface area contributed by atoms with Gasteiger partial charge in [-0.25, -0.2) is 0 Å². The summed E-state index contributed by atoms with van der Waals surface area (Å²) < 4.78 is 11.6. The summed E-state index contributed by atoms with van der Waals surface area (Å²) in [7, 11) is 4.02. The first-order valence-corrected chi connectivity index (χ1v) is 11.2. The zero-order chi connectivity index (χ0) is 22.8. The highest BCUT2D eigenvalue weighted by atomic mass is 16.5. The van der Waals surface area contributed by atoms with Crippen LogP contribution in [0.4, 0.5) is 0 Å². The molecule has 1 aliphatic rings. The van der Waals surface area contributed by atoms with Crippen molar-refractivity contribution in [2.24, 2.45) is 0 Å². The van der Waals surface area contributed by atoms with Crippen LogP contribution in [-0.2, 0) is 6.42 Å². The summed E-state index contributed by atoms with van der Waals surface area (Å²) >= 11 is 0. The van der Waals surface area contributed by atoms with Gasteiger partial charge in [-0.3, -0.25) is 9.59 Å². The minimum atomic E-state index is -0.471. The molecule has 0 aliphatic carbocycles. The van der Waals surface area contributed by atoms with Gasteiger partial charge in [0.2, 0.25) is 5.76 Å². The molecule has 0 saturated heterocycles. The molecular formula is C26H30N2O4. The Morgan fingerprint density at radius 3 is 2.47 bits per heavy atom. The zero-order valence-corrected chi connectivity index (χ0v) is 19.2. The van der Waals surface area contributed by atoms with E-state index in [1.807, 2.05) is 57.4 Å². The van der Waals surface area contributed by atoms with Gasteiger partial charge < -0.3 is 19.0 Å². The Morgan fingerprint density at radius 1 is 1.06 bits per heavy atom. The molecule has 0 spiro atoms. The Kier molecular flexibility index (Phi) is 6.33. The lowest BCUT2D eigenvalue weighted by molar-refractivity contribution is 0.0722. The van der Waals surface area contributed by atoms with E-state index in [-0.39, 0.29) is 17.1 Å². The molecular weight excluding hydrogens is 404 g/mol. The van der Waals surface area contributed by atoms with Crippen LogP contribution in [0.25, 0.3) is 11.0 Å². The first kappa shape index (κ1) is 22.1. The van der Waals surface area contributed by atoms with E-state index in [4.69, 9.17) is 9.15 Å². The molecule has 0 saturated carbocycles. The second kappa shape index (κ2) is 9.17. The molecule has 0 fully saturated rings. The van der Waals surface area contributed by atoms with Gasteiger partial charge in [0.1, 0.15) is 11.3 Å². The predicted octanol–water partition coefficient (Wildman–Crippen LogP) is 4.25. The summed E-state index contributed by atoms with van der Waals surface area (Å²) in [4.78, 5) is 30.9. The Hall–Kier alpha value is -3.12. The van der Waals surface area contributed by atoms with Crippen molar-refractivity contribution >= 4 is 16.9 Å². The third-order valence-corrected chi connectivity index (χ3v) is 5.95. The van der Waals surface area contributed by atoms with Gasteiger partial charge in [0.15, 0.2) is 5.43 Å². The molecule has 1 amide bonds. The van der Waals surface area contributed by atoms with Crippen molar-refractivity contribution < 1.29 is 13.9 Å². The summed E-state index contributed by atoms with van der Waals surface area (Å²) in [6, 6.07) is 12.8. The van der Waals surface area contributed by atoms with Crippen LogP contribution in [0.1, 0.15) is 53.6 Å². The molecule has 1 aromatic heterocycles. The molecule has 0 bridgehead atoms. The molecule has 6 nitrogen and oxygen atoms in total. The van der Waals surface area contributed by atoms with E-state index in [2.05, 4.69) is 11.8 Å². The highest BCUT2D eigenvalue weighted by Gasteiger charge is 2.42. The summed E-state index contributed by atoms with van der Waals surface area (Å²) in [5.74, 6) is 0.699. The Morgan fingerprint density at radius 2 is 1.81 bits per heavy atom. The number of nitrogens with zero attached hydrogens (tertiary/aromatic N) is 2. The van der Waals surface area contributed by atoms with Crippen LogP contribution in [0, 0.1) is 0 Å². The molecule has 2 heterocycles. The van der Waals surface area contributed by atoms with E-state index in [9.17, 15) is 9.59 Å². The van der Waals surface area contributed by atoms with E-state index >= 15 is 0 Å². The summed E-state index contributed by atoms with van der Waals surface area (Å²) in [5.41, 5.74) is 2.71. The minimum absolute atomic E-state index is 0.126. The molecule has 1 unspecified atom stereocenters. The lowest BCUT2D eigenvalue weighted by atomic mass is 9.97. The maximum Gasteiger partial charge on any atom is 0.290 e. The van der Waals surface area contributed by atoms with Crippen LogP contribution in [0.5, 0.6) is 5.75 Å². The van der Waals surface area contributed by atoms with Crippen LogP contribution < -0.4 is 10.2 Å². The van der Waals surface area contributed by atoms with Gasteiger partial charge in [-0.15, -0.1) is 0 Å². The third-order valence-electron chi connectivity index (χ3n) is 5.95. The van der Waals surface area contributed by atoms with Gasteiger partial charge in [0, 0.05) is 6.54 Å². The quantitative estimate of drug-likeness (QED) is 0.530. The average Bonchev–Trinajstić information content (AvgIpc) is 3.06. The first-order chi connectivity index (χ1) is 15.4. The molecule has 4 rings (SSSR count). The Labute approximate surface area is 188 Å². The summed E-state index contributed by atoms with van der Waals surface area (Å²) in [6.45, 7) is 5.95. The van der Waals surface area contributed by atoms with E-state index in [0.717, 1.165) is 36.3 Å². The van der Waals surface area contributed by atoms with Gasteiger partial charge >= 0.3 is 0 Å². The van der Waals surface area contributed by atoms with Crippen LogP contribution in [0.2, 0.25) is 0 Å². The molecule has 2 aromatic carbocycles. The number of rotatable bonds is 8. The van der Waals surface area contributed by atoms with Crippen molar-refractivity contribution in [3.63, 3.8) is 0 Å². The monoisotopic (exact) mass is 434 g/mol. The fraction of sp³-hybridized carbons (Fsp3) is 0.385. The maximum absolute atomic E-state index is 13.6. The zero-order valence-electron chi connectivity index (χ0n) is 19.2. The number of fused-ring (bicyclic) bond motifs is 2. The second-order valence-electron chi connectivity index (χ2n) is 8.42.